The highest BCUT2D eigenvalue weighted by Gasteiger charge is 2.41. The number of ether oxygens (including phenoxy) is 2. The van der Waals surface area contributed by atoms with Gasteiger partial charge < -0.3 is 18.8 Å². The topological polar surface area (TPSA) is 69.0 Å². The Hall–Kier alpha value is -3.77. The van der Waals surface area contributed by atoms with Gasteiger partial charge in [0.25, 0.3) is 5.91 Å². The molecular formula is C26H20ClNO5. The number of carbonyl (C=O) groups excluding carboxylic acids is 1. The standard InChI is InChI=1S/C26H20ClNO5/c1-28-23(22-24(29)18-13-17(27)9-11-19(18)33-25(22)26(28)30)16-8-10-20(21(12-16)31-2)32-14-15-6-4-3-5-7-15/h3-13,23H,14H2,1-2H3. The Kier molecular flexibility index (Phi) is 5.30. The summed E-state index contributed by atoms with van der Waals surface area (Å²) >= 11 is 6.09. The van der Waals surface area contributed by atoms with Crippen LogP contribution in [0.15, 0.2) is 75.9 Å². The van der Waals surface area contributed by atoms with Gasteiger partial charge in [-0.2, -0.15) is 0 Å². The molecule has 5 rings (SSSR count). The molecule has 3 aromatic carbocycles. The van der Waals surface area contributed by atoms with Crippen LogP contribution in [0.4, 0.5) is 0 Å². The molecule has 1 atom stereocenters. The number of amides is 1. The second-order valence-electron chi connectivity index (χ2n) is 7.82. The first-order chi connectivity index (χ1) is 16.0. The molecule has 1 unspecified atom stereocenters. The zero-order valence-electron chi connectivity index (χ0n) is 18.0. The summed E-state index contributed by atoms with van der Waals surface area (Å²) in [5.41, 5.74) is 2.08. The van der Waals surface area contributed by atoms with Crippen LogP contribution in [-0.4, -0.2) is 25.0 Å². The van der Waals surface area contributed by atoms with Gasteiger partial charge in [-0.05, 0) is 41.5 Å². The molecule has 0 aliphatic carbocycles. The quantitative estimate of drug-likeness (QED) is 0.408. The largest absolute Gasteiger partial charge is 0.493 e. The van der Waals surface area contributed by atoms with Crippen molar-refractivity contribution in [3.63, 3.8) is 0 Å². The normalized spacial score (nSPS) is 15.1. The van der Waals surface area contributed by atoms with Gasteiger partial charge >= 0.3 is 0 Å². The maximum Gasteiger partial charge on any atom is 0.290 e. The highest BCUT2D eigenvalue weighted by Crippen LogP contribution is 2.40. The first kappa shape index (κ1) is 21.1. The molecule has 0 N–H and O–H groups in total. The van der Waals surface area contributed by atoms with E-state index in [9.17, 15) is 9.59 Å². The fourth-order valence-electron chi connectivity index (χ4n) is 4.16. The van der Waals surface area contributed by atoms with Gasteiger partial charge in [-0.15, -0.1) is 0 Å². The number of fused-ring (bicyclic) bond motifs is 2. The van der Waals surface area contributed by atoms with E-state index in [1.165, 1.54) is 4.90 Å². The summed E-state index contributed by atoms with van der Waals surface area (Å²) in [6, 6.07) is 19.4. The van der Waals surface area contributed by atoms with Crippen molar-refractivity contribution in [1.82, 2.24) is 4.90 Å². The van der Waals surface area contributed by atoms with Crippen molar-refractivity contribution in [2.24, 2.45) is 0 Å². The number of halogens is 1. The lowest BCUT2D eigenvalue weighted by atomic mass is 9.98. The number of benzene rings is 3. The molecule has 0 saturated carbocycles. The number of carbonyl (C=O) groups is 1. The van der Waals surface area contributed by atoms with Gasteiger partial charge in [0.15, 0.2) is 16.9 Å². The van der Waals surface area contributed by atoms with Crippen molar-refractivity contribution in [3.8, 4) is 11.5 Å². The number of nitrogens with zero attached hydrogens (tertiary/aromatic N) is 1. The van der Waals surface area contributed by atoms with E-state index in [1.807, 2.05) is 36.4 Å². The number of methoxy groups -OCH3 is 1. The fraction of sp³-hybridized carbons (Fsp3) is 0.154. The molecule has 2 heterocycles. The van der Waals surface area contributed by atoms with Crippen molar-refractivity contribution >= 4 is 28.5 Å². The molecule has 0 radical (unpaired) electrons. The summed E-state index contributed by atoms with van der Waals surface area (Å²) in [7, 11) is 3.20. The Morgan fingerprint density at radius 1 is 1.00 bits per heavy atom. The van der Waals surface area contributed by atoms with Gasteiger partial charge in [0.1, 0.15) is 12.2 Å². The van der Waals surface area contributed by atoms with Crippen LogP contribution < -0.4 is 14.9 Å². The molecule has 1 aliphatic heterocycles. The molecule has 33 heavy (non-hydrogen) atoms. The second kappa shape index (κ2) is 8.30. The molecule has 0 bridgehead atoms. The molecule has 1 aliphatic rings. The molecule has 0 fully saturated rings. The Bertz CT molecular complexity index is 1430. The van der Waals surface area contributed by atoms with E-state index in [0.717, 1.165) is 5.56 Å². The summed E-state index contributed by atoms with van der Waals surface area (Å²) in [5, 5.41) is 0.759. The summed E-state index contributed by atoms with van der Waals surface area (Å²) in [6.07, 6.45) is 0. The van der Waals surface area contributed by atoms with Crippen LogP contribution >= 0.6 is 11.6 Å². The smallest absolute Gasteiger partial charge is 0.290 e. The van der Waals surface area contributed by atoms with Crippen LogP contribution in [0.25, 0.3) is 11.0 Å². The molecular weight excluding hydrogens is 442 g/mol. The summed E-state index contributed by atoms with van der Waals surface area (Å²) in [5.74, 6) is 0.763. The third-order valence-corrected chi connectivity index (χ3v) is 6.04. The van der Waals surface area contributed by atoms with Crippen LogP contribution in [0.5, 0.6) is 11.5 Å². The SMILES string of the molecule is COc1cc(C2c3c(oc4ccc(Cl)cc4c3=O)C(=O)N2C)ccc1OCc1ccccc1. The Morgan fingerprint density at radius 2 is 1.79 bits per heavy atom. The van der Waals surface area contributed by atoms with E-state index >= 15 is 0 Å². The maximum absolute atomic E-state index is 13.4. The first-order valence-electron chi connectivity index (χ1n) is 10.4. The Balaban J connectivity index is 1.56. The van der Waals surface area contributed by atoms with Crippen LogP contribution in [0.2, 0.25) is 5.02 Å². The molecule has 166 valence electrons. The number of hydrogen-bond donors (Lipinski definition) is 0. The monoisotopic (exact) mass is 461 g/mol. The minimum atomic E-state index is -0.621. The minimum Gasteiger partial charge on any atom is -0.493 e. The van der Waals surface area contributed by atoms with E-state index < -0.39 is 6.04 Å². The number of rotatable bonds is 5. The third-order valence-electron chi connectivity index (χ3n) is 5.80. The van der Waals surface area contributed by atoms with Gasteiger partial charge in [-0.1, -0.05) is 48.0 Å². The average molecular weight is 462 g/mol. The number of hydrogen-bond acceptors (Lipinski definition) is 5. The highest BCUT2D eigenvalue weighted by atomic mass is 35.5. The maximum atomic E-state index is 13.4. The molecule has 6 nitrogen and oxygen atoms in total. The van der Waals surface area contributed by atoms with E-state index in [4.69, 9.17) is 25.5 Å². The lowest BCUT2D eigenvalue weighted by Crippen LogP contribution is -2.25. The van der Waals surface area contributed by atoms with Crippen LogP contribution in [0.1, 0.15) is 33.3 Å². The lowest BCUT2D eigenvalue weighted by molar-refractivity contribution is 0.0771. The van der Waals surface area contributed by atoms with Crippen molar-refractivity contribution in [2.75, 3.05) is 14.2 Å². The zero-order chi connectivity index (χ0) is 23.1. The van der Waals surface area contributed by atoms with Crippen molar-refractivity contribution < 1.29 is 18.7 Å². The highest BCUT2D eigenvalue weighted by molar-refractivity contribution is 6.31. The molecule has 0 saturated heterocycles. The van der Waals surface area contributed by atoms with E-state index in [1.54, 1.807) is 44.5 Å². The molecule has 1 amide bonds. The van der Waals surface area contributed by atoms with Gasteiger partial charge in [0.05, 0.1) is 24.1 Å². The minimum absolute atomic E-state index is 0.0469. The molecule has 1 aromatic heterocycles. The second-order valence-corrected chi connectivity index (χ2v) is 8.25. The van der Waals surface area contributed by atoms with E-state index in [2.05, 4.69) is 0 Å². The van der Waals surface area contributed by atoms with Crippen molar-refractivity contribution in [1.29, 1.82) is 0 Å². The molecule has 4 aromatic rings. The van der Waals surface area contributed by atoms with Crippen LogP contribution in [0.3, 0.4) is 0 Å². The third kappa shape index (κ3) is 3.62. The van der Waals surface area contributed by atoms with Gasteiger partial charge in [-0.3, -0.25) is 9.59 Å². The predicted molar refractivity (Wildman–Crippen MR) is 125 cm³/mol. The van der Waals surface area contributed by atoms with Gasteiger partial charge in [-0.25, -0.2) is 0 Å². The summed E-state index contributed by atoms with van der Waals surface area (Å²) in [6.45, 7) is 0.386. The molecule has 0 spiro atoms. The Labute approximate surface area is 194 Å². The fourth-order valence-corrected chi connectivity index (χ4v) is 4.33. The zero-order valence-corrected chi connectivity index (χ0v) is 18.8. The van der Waals surface area contributed by atoms with E-state index in [-0.39, 0.29) is 22.7 Å². The Morgan fingerprint density at radius 3 is 2.55 bits per heavy atom. The van der Waals surface area contributed by atoms with Crippen LogP contribution in [-0.2, 0) is 6.61 Å². The van der Waals surface area contributed by atoms with Gasteiger partial charge in [0.2, 0.25) is 5.76 Å². The van der Waals surface area contributed by atoms with Gasteiger partial charge in [0, 0.05) is 12.1 Å². The summed E-state index contributed by atoms with van der Waals surface area (Å²) < 4.78 is 17.3. The average Bonchev–Trinajstić information content (AvgIpc) is 3.09. The van der Waals surface area contributed by atoms with Crippen LogP contribution in [0, 0.1) is 0 Å². The first-order valence-corrected chi connectivity index (χ1v) is 10.7. The van der Waals surface area contributed by atoms with Crippen molar-refractivity contribution in [2.45, 2.75) is 12.6 Å². The predicted octanol–water partition coefficient (Wildman–Crippen LogP) is 5.21. The molecule has 7 heteroatoms. The lowest BCUT2D eigenvalue weighted by Gasteiger charge is -2.21. The summed E-state index contributed by atoms with van der Waals surface area (Å²) in [4.78, 5) is 27.8. The van der Waals surface area contributed by atoms with E-state index in [0.29, 0.717) is 39.7 Å². The van der Waals surface area contributed by atoms with Crippen molar-refractivity contribution in [3.05, 3.63) is 104 Å².